The Bertz CT molecular complexity index is 1300. The first-order valence-corrected chi connectivity index (χ1v) is 14.8. The van der Waals surface area contributed by atoms with E-state index in [9.17, 15) is 9.59 Å². The fourth-order valence-corrected chi connectivity index (χ4v) is 6.79. The zero-order valence-electron chi connectivity index (χ0n) is 19.2. The number of nitrogens with zero attached hydrogens (tertiary/aromatic N) is 3. The van der Waals surface area contributed by atoms with Gasteiger partial charge < -0.3 is 14.8 Å². The number of amides is 1. The van der Waals surface area contributed by atoms with Crippen LogP contribution in [-0.4, -0.2) is 29.7 Å². The monoisotopic (exact) mass is 550 g/mol. The van der Waals surface area contributed by atoms with Crippen molar-refractivity contribution in [2.75, 3.05) is 18.5 Å². The van der Waals surface area contributed by atoms with Crippen molar-refractivity contribution in [3.8, 4) is 17.0 Å². The number of hydrogen-bond acceptors (Lipinski definition) is 6. The highest BCUT2D eigenvalue weighted by atomic mass is 35.9. The van der Waals surface area contributed by atoms with Gasteiger partial charge in [0.1, 0.15) is 12.4 Å². The topological polar surface area (TPSA) is 94.3 Å². The lowest BCUT2D eigenvalue weighted by molar-refractivity contribution is -0.119. The van der Waals surface area contributed by atoms with Gasteiger partial charge in [0, 0.05) is 5.56 Å². The summed E-state index contributed by atoms with van der Waals surface area (Å²) in [4.78, 5) is 26.3. The summed E-state index contributed by atoms with van der Waals surface area (Å²) in [5, 5.41) is 12.2. The molecule has 1 aliphatic rings. The summed E-state index contributed by atoms with van der Waals surface area (Å²) in [6.07, 6.45) is -1.18. The Hall–Kier alpha value is -2.50. The molecule has 0 radical (unpaired) electrons. The van der Waals surface area contributed by atoms with Crippen LogP contribution in [0, 0.1) is 6.92 Å². The van der Waals surface area contributed by atoms with Crippen LogP contribution in [0.5, 0.6) is 5.75 Å². The zero-order valence-corrected chi connectivity index (χ0v) is 22.5. The number of halogens is 2. The molecule has 1 amide bonds. The van der Waals surface area contributed by atoms with Crippen molar-refractivity contribution in [3.05, 3.63) is 53.5 Å². The van der Waals surface area contributed by atoms with Crippen LogP contribution in [0.15, 0.2) is 52.7 Å². The second-order valence-corrected chi connectivity index (χ2v) is 12.4. The number of nitrogens with one attached hydrogen (secondary N) is 1. The molecule has 1 aromatic heterocycles. The molecule has 0 saturated heterocycles. The maximum atomic E-state index is 13.4. The molecule has 2 aromatic carbocycles. The maximum Gasteiger partial charge on any atom is 0.359 e. The molecule has 3 aromatic rings. The number of aromatic nitrogens is 1. The van der Waals surface area contributed by atoms with Gasteiger partial charge in [-0.25, -0.2) is 4.79 Å². The number of ether oxygens (including phenoxy) is 2. The summed E-state index contributed by atoms with van der Waals surface area (Å²) in [5.41, 5.74) is 3.55. The largest absolute Gasteiger partial charge is 0.494 e. The molecular formula is C23H22Cl2N4O4P2. The molecule has 8 nitrogen and oxygen atoms in total. The second kappa shape index (κ2) is 11.0. The fourth-order valence-electron chi connectivity index (χ4n) is 3.65. The van der Waals surface area contributed by atoms with E-state index >= 15 is 0 Å². The van der Waals surface area contributed by atoms with E-state index in [-0.39, 0.29) is 12.0 Å². The van der Waals surface area contributed by atoms with Crippen LogP contribution in [0.4, 0.5) is 11.4 Å². The van der Waals surface area contributed by atoms with Gasteiger partial charge in [-0.1, -0.05) is 34.1 Å². The number of rotatable bonds is 7. The Kier molecular flexibility index (Phi) is 8.08. The van der Waals surface area contributed by atoms with Crippen molar-refractivity contribution in [1.82, 2.24) is 4.57 Å². The van der Waals surface area contributed by atoms with E-state index in [4.69, 9.17) is 32.0 Å². The second-order valence-electron chi connectivity index (χ2n) is 7.49. The summed E-state index contributed by atoms with van der Waals surface area (Å²) >= 11 is 12.8. The summed E-state index contributed by atoms with van der Waals surface area (Å²) < 4.78 is 12.3. The molecule has 1 atom stereocenters. The van der Waals surface area contributed by atoms with Crippen molar-refractivity contribution in [2.24, 2.45) is 10.2 Å². The minimum Gasteiger partial charge on any atom is -0.494 e. The molecule has 0 saturated carbocycles. The third-order valence-corrected chi connectivity index (χ3v) is 9.30. The average Bonchev–Trinajstić information content (AvgIpc) is 3.17. The molecule has 4 rings (SSSR count). The first-order valence-electron chi connectivity index (χ1n) is 10.8. The van der Waals surface area contributed by atoms with E-state index in [1.165, 1.54) is 0 Å². The lowest BCUT2D eigenvalue weighted by Gasteiger charge is -2.16. The Balaban J connectivity index is 1.90. The van der Waals surface area contributed by atoms with E-state index in [0.29, 0.717) is 48.2 Å². The number of carbonyl (C=O) groups excluding carboxylic acids is 2. The number of azo groups is 1. The molecule has 0 spiro atoms. The molecule has 0 fully saturated rings. The van der Waals surface area contributed by atoms with Crippen LogP contribution in [0.2, 0.25) is 0 Å². The summed E-state index contributed by atoms with van der Waals surface area (Å²) in [6, 6.07) is 12.6. The van der Waals surface area contributed by atoms with E-state index in [1.807, 2.05) is 26.0 Å². The number of benzene rings is 2. The van der Waals surface area contributed by atoms with Gasteiger partial charge in [0.25, 0.3) is 5.91 Å². The van der Waals surface area contributed by atoms with Crippen molar-refractivity contribution in [1.29, 1.82) is 0 Å². The lowest BCUT2D eigenvalue weighted by atomic mass is 10.1. The molecule has 0 aliphatic carbocycles. The maximum absolute atomic E-state index is 13.4. The van der Waals surface area contributed by atoms with Crippen LogP contribution in [-0.2, 0) is 9.53 Å². The predicted octanol–water partition coefficient (Wildman–Crippen LogP) is 7.27. The molecule has 12 heteroatoms. The van der Waals surface area contributed by atoms with Gasteiger partial charge in [0.2, 0.25) is 6.17 Å². The fraction of sp³-hybridized carbons (Fsp3) is 0.261. The highest BCUT2D eigenvalue weighted by Gasteiger charge is 2.37. The Morgan fingerprint density at radius 2 is 1.91 bits per heavy atom. The first kappa shape index (κ1) is 25.6. The third kappa shape index (κ3) is 5.36. The minimum atomic E-state index is -1.63. The quantitative estimate of drug-likeness (QED) is 0.190. The van der Waals surface area contributed by atoms with Crippen molar-refractivity contribution >= 4 is 65.6 Å². The van der Waals surface area contributed by atoms with Crippen molar-refractivity contribution in [3.63, 3.8) is 0 Å². The average molecular weight is 551 g/mol. The van der Waals surface area contributed by atoms with Gasteiger partial charge >= 0.3 is 5.97 Å². The van der Waals surface area contributed by atoms with E-state index < -0.39 is 24.7 Å². The number of anilines is 1. The van der Waals surface area contributed by atoms with Crippen LogP contribution in [0.1, 0.15) is 35.8 Å². The van der Waals surface area contributed by atoms with Gasteiger partial charge in [-0.05, 0) is 65.4 Å². The number of aryl methyl sites for hydroxylation is 1. The molecule has 0 unspecified atom stereocenters. The molecule has 35 heavy (non-hydrogen) atoms. The van der Waals surface area contributed by atoms with Gasteiger partial charge in [-0.2, -0.15) is 10.2 Å². The number of hydrogen-bond donors (Lipinski definition) is 1. The van der Waals surface area contributed by atoms with Crippen LogP contribution >= 0.6 is 37.3 Å². The van der Waals surface area contributed by atoms with Gasteiger partial charge in [0.15, 0.2) is 5.43 Å². The Morgan fingerprint density at radius 3 is 2.57 bits per heavy atom. The summed E-state index contributed by atoms with van der Waals surface area (Å²) in [7, 11) is 0.470. The van der Waals surface area contributed by atoms with Crippen LogP contribution in [0.25, 0.3) is 11.3 Å². The molecule has 0 bridgehead atoms. The Morgan fingerprint density at radius 1 is 1.17 bits per heavy atom. The molecule has 2 heterocycles. The van der Waals surface area contributed by atoms with Crippen LogP contribution < -0.4 is 15.1 Å². The number of esters is 1. The Labute approximate surface area is 215 Å². The van der Waals surface area contributed by atoms with E-state index in [2.05, 4.69) is 15.5 Å². The smallest absolute Gasteiger partial charge is 0.359 e. The number of fused-ring (bicyclic) bond motifs is 3. The van der Waals surface area contributed by atoms with Crippen molar-refractivity contribution in [2.45, 2.75) is 26.9 Å². The number of carbonyl (C=O) groups is 2. The zero-order chi connectivity index (χ0) is 25.1. The first-order chi connectivity index (χ1) is 16.8. The summed E-state index contributed by atoms with van der Waals surface area (Å²) in [6.45, 7) is 4.64. The summed E-state index contributed by atoms with van der Waals surface area (Å²) in [5.74, 6) is -0.322. The standard InChI is InChI=1S/C23H22Cl2N4O4P2/c1-4-32-15-9-7-14(8-10-15)27-28-19-20(30)26-17-11-6-13(3)12-16(17)18-23(35(24)25)34-21(29(18)19)22(31)33-5-2/h6-12,19H,4-5H2,1-3H3,(H,26,30)/t19-/m1/s1. The lowest BCUT2D eigenvalue weighted by Crippen LogP contribution is -2.25. The van der Waals surface area contributed by atoms with Crippen molar-refractivity contribution < 1.29 is 19.1 Å². The van der Waals surface area contributed by atoms with E-state index in [0.717, 1.165) is 5.56 Å². The van der Waals surface area contributed by atoms with Gasteiger partial charge in [-0.3, -0.25) is 9.36 Å². The SMILES string of the molecule is CCOC(=O)c1pc(P(Cl)Cl)c2n1[C@@H](N=Nc1ccc(OCC)cc1)C(=O)Nc1ccc(C)cc1-2. The molecule has 1 N–H and O–H groups in total. The molecule has 182 valence electrons. The normalized spacial score (nSPS) is 15.1. The minimum absolute atomic E-state index is 0.174. The van der Waals surface area contributed by atoms with Crippen LogP contribution in [0.3, 0.4) is 0 Å². The highest BCUT2D eigenvalue weighted by Crippen LogP contribution is 2.53. The predicted molar refractivity (Wildman–Crippen MR) is 141 cm³/mol. The molecule has 1 aliphatic heterocycles. The van der Waals surface area contributed by atoms with E-state index in [1.54, 1.807) is 41.8 Å². The molecular weight excluding hydrogens is 529 g/mol. The van der Waals surface area contributed by atoms with Gasteiger partial charge in [0.05, 0.1) is 35.3 Å². The van der Waals surface area contributed by atoms with Gasteiger partial charge in [-0.15, -0.1) is 0 Å². The third-order valence-electron chi connectivity index (χ3n) is 5.11. The highest BCUT2D eigenvalue weighted by molar-refractivity contribution is 8.11.